The van der Waals surface area contributed by atoms with Gasteiger partial charge in [-0.05, 0) is 43.2 Å². The Morgan fingerprint density at radius 1 is 1.16 bits per heavy atom. The summed E-state index contributed by atoms with van der Waals surface area (Å²) in [6.45, 7) is 7.58. The van der Waals surface area contributed by atoms with Gasteiger partial charge in [-0.15, -0.1) is 0 Å². The van der Waals surface area contributed by atoms with Crippen molar-refractivity contribution in [3.8, 4) is 5.75 Å². The van der Waals surface area contributed by atoms with Crippen LogP contribution in [-0.4, -0.2) is 45.1 Å². The van der Waals surface area contributed by atoms with Gasteiger partial charge in [-0.25, -0.2) is 9.97 Å². The fourth-order valence-corrected chi connectivity index (χ4v) is 4.24. The van der Waals surface area contributed by atoms with Crippen molar-refractivity contribution in [3.63, 3.8) is 0 Å². The van der Waals surface area contributed by atoms with Crippen LogP contribution in [0.4, 0.5) is 11.6 Å². The third-order valence-electron chi connectivity index (χ3n) is 5.60. The van der Waals surface area contributed by atoms with Crippen LogP contribution in [0.5, 0.6) is 5.75 Å². The SMILES string of the molecule is CC1(C)Cc2cc(CN3CCO[C@H](c4cccc(Nc5cnccn5)n4)C3)ccc2O1. The second kappa shape index (κ2) is 8.24. The molecule has 2 aromatic heterocycles. The zero-order valence-electron chi connectivity index (χ0n) is 17.9. The van der Waals surface area contributed by atoms with E-state index in [0.29, 0.717) is 12.4 Å². The largest absolute Gasteiger partial charge is 0.487 e. The molecule has 0 unspecified atom stereocenters. The van der Waals surface area contributed by atoms with Gasteiger partial charge in [0.2, 0.25) is 0 Å². The second-order valence-corrected chi connectivity index (χ2v) is 8.74. The number of morpholine rings is 1. The Bertz CT molecular complexity index is 1060. The van der Waals surface area contributed by atoms with Gasteiger partial charge in [0, 0.05) is 38.4 Å². The Balaban J connectivity index is 1.25. The number of benzene rings is 1. The Hall–Kier alpha value is -3.03. The van der Waals surface area contributed by atoms with Gasteiger partial charge in [-0.3, -0.25) is 9.88 Å². The van der Waals surface area contributed by atoms with E-state index in [1.54, 1.807) is 18.6 Å². The molecule has 0 aliphatic carbocycles. The van der Waals surface area contributed by atoms with Gasteiger partial charge in [0.25, 0.3) is 0 Å². The number of anilines is 2. The normalized spacial score (nSPS) is 20.1. The first kappa shape index (κ1) is 19.9. The van der Waals surface area contributed by atoms with E-state index in [1.165, 1.54) is 11.1 Å². The van der Waals surface area contributed by atoms with E-state index >= 15 is 0 Å². The summed E-state index contributed by atoms with van der Waals surface area (Å²) < 4.78 is 12.1. The highest BCUT2D eigenvalue weighted by Crippen LogP contribution is 2.35. The number of hydrogen-bond donors (Lipinski definition) is 1. The van der Waals surface area contributed by atoms with E-state index in [2.05, 4.69) is 52.2 Å². The Morgan fingerprint density at radius 3 is 2.97 bits per heavy atom. The number of pyridine rings is 1. The standard InChI is InChI=1S/C24H27N5O2/c1-24(2)13-18-12-17(6-7-20(18)31-24)15-29-10-11-30-21(16-29)19-4-3-5-22(27-19)28-23-14-25-8-9-26-23/h3-9,12,14,21H,10-11,13,15-16H2,1-2H3,(H,26,27,28)/t21-/m0/s1. The number of ether oxygens (including phenoxy) is 2. The maximum atomic E-state index is 6.06. The third kappa shape index (κ3) is 4.68. The maximum Gasteiger partial charge on any atom is 0.150 e. The molecule has 1 atom stereocenters. The van der Waals surface area contributed by atoms with Crippen LogP contribution in [0, 0.1) is 0 Å². The smallest absolute Gasteiger partial charge is 0.150 e. The van der Waals surface area contributed by atoms with E-state index < -0.39 is 0 Å². The molecule has 0 bridgehead atoms. The molecule has 4 heterocycles. The maximum absolute atomic E-state index is 6.06. The van der Waals surface area contributed by atoms with Gasteiger partial charge >= 0.3 is 0 Å². The topological polar surface area (TPSA) is 72.4 Å². The molecule has 0 amide bonds. The molecule has 1 aromatic carbocycles. The fraction of sp³-hybridized carbons (Fsp3) is 0.375. The zero-order chi connectivity index (χ0) is 21.3. The van der Waals surface area contributed by atoms with Crippen molar-refractivity contribution in [2.75, 3.05) is 25.0 Å². The van der Waals surface area contributed by atoms with Crippen LogP contribution >= 0.6 is 0 Å². The molecule has 0 saturated carbocycles. The highest BCUT2D eigenvalue weighted by atomic mass is 16.5. The highest BCUT2D eigenvalue weighted by Gasteiger charge is 2.30. The van der Waals surface area contributed by atoms with E-state index in [1.807, 2.05) is 18.2 Å². The van der Waals surface area contributed by atoms with Crippen molar-refractivity contribution in [3.05, 3.63) is 71.8 Å². The van der Waals surface area contributed by atoms with Crippen LogP contribution in [-0.2, 0) is 17.7 Å². The molecule has 3 aromatic rings. The van der Waals surface area contributed by atoms with Gasteiger partial charge < -0.3 is 14.8 Å². The minimum absolute atomic E-state index is 0.0611. The van der Waals surface area contributed by atoms with Gasteiger partial charge in [0.05, 0.1) is 18.5 Å². The van der Waals surface area contributed by atoms with Crippen LogP contribution in [0.3, 0.4) is 0 Å². The van der Waals surface area contributed by atoms with E-state index in [9.17, 15) is 0 Å². The Morgan fingerprint density at radius 2 is 2.10 bits per heavy atom. The number of rotatable bonds is 5. The first-order valence-corrected chi connectivity index (χ1v) is 10.7. The average Bonchev–Trinajstić information content (AvgIpc) is 3.08. The fourth-order valence-electron chi connectivity index (χ4n) is 4.24. The van der Waals surface area contributed by atoms with Crippen LogP contribution in [0.2, 0.25) is 0 Å². The summed E-state index contributed by atoms with van der Waals surface area (Å²) in [5, 5.41) is 3.20. The molecular formula is C24H27N5O2. The molecule has 7 nitrogen and oxygen atoms in total. The summed E-state index contributed by atoms with van der Waals surface area (Å²) in [5.74, 6) is 2.42. The van der Waals surface area contributed by atoms with Crippen LogP contribution in [0.15, 0.2) is 55.0 Å². The predicted octanol–water partition coefficient (Wildman–Crippen LogP) is 3.90. The van der Waals surface area contributed by atoms with Crippen molar-refractivity contribution >= 4 is 11.6 Å². The van der Waals surface area contributed by atoms with Gasteiger partial charge in [0.15, 0.2) is 0 Å². The summed E-state index contributed by atoms with van der Waals surface area (Å²) in [6.07, 6.45) is 5.87. The summed E-state index contributed by atoms with van der Waals surface area (Å²) in [7, 11) is 0. The second-order valence-electron chi connectivity index (χ2n) is 8.74. The number of hydrogen-bond acceptors (Lipinski definition) is 7. The van der Waals surface area contributed by atoms with Crippen molar-refractivity contribution in [2.24, 2.45) is 0 Å². The number of aromatic nitrogens is 3. The molecule has 0 radical (unpaired) electrons. The van der Waals surface area contributed by atoms with Gasteiger partial charge in [0.1, 0.15) is 29.1 Å². The summed E-state index contributed by atoms with van der Waals surface area (Å²) in [6, 6.07) is 12.5. The molecule has 0 spiro atoms. The predicted molar refractivity (Wildman–Crippen MR) is 118 cm³/mol. The molecular weight excluding hydrogens is 390 g/mol. The van der Waals surface area contributed by atoms with E-state index in [-0.39, 0.29) is 11.7 Å². The number of fused-ring (bicyclic) bond motifs is 1. The van der Waals surface area contributed by atoms with Crippen molar-refractivity contribution in [1.82, 2.24) is 19.9 Å². The quantitative estimate of drug-likeness (QED) is 0.675. The van der Waals surface area contributed by atoms with Crippen LogP contribution in [0.25, 0.3) is 0 Å². The zero-order valence-corrected chi connectivity index (χ0v) is 17.9. The number of nitrogens with one attached hydrogen (secondary N) is 1. The van der Waals surface area contributed by atoms with Crippen LogP contribution in [0.1, 0.15) is 36.8 Å². The van der Waals surface area contributed by atoms with E-state index in [4.69, 9.17) is 14.5 Å². The van der Waals surface area contributed by atoms with Crippen molar-refractivity contribution < 1.29 is 9.47 Å². The lowest BCUT2D eigenvalue weighted by atomic mass is 10.00. The molecule has 1 N–H and O–H groups in total. The first-order valence-electron chi connectivity index (χ1n) is 10.7. The molecule has 2 aliphatic rings. The monoisotopic (exact) mass is 417 g/mol. The Labute approximate surface area is 182 Å². The molecule has 160 valence electrons. The van der Waals surface area contributed by atoms with Gasteiger partial charge in [-0.1, -0.05) is 18.2 Å². The van der Waals surface area contributed by atoms with Crippen molar-refractivity contribution in [1.29, 1.82) is 0 Å². The lowest BCUT2D eigenvalue weighted by Gasteiger charge is -2.32. The molecule has 1 fully saturated rings. The Kier molecular flexibility index (Phi) is 5.29. The van der Waals surface area contributed by atoms with Crippen LogP contribution < -0.4 is 10.1 Å². The molecule has 2 aliphatic heterocycles. The van der Waals surface area contributed by atoms with Crippen molar-refractivity contribution in [2.45, 2.75) is 38.5 Å². The lowest BCUT2D eigenvalue weighted by molar-refractivity contribution is -0.0349. The summed E-state index contributed by atoms with van der Waals surface area (Å²) in [4.78, 5) is 15.5. The average molecular weight is 418 g/mol. The summed E-state index contributed by atoms with van der Waals surface area (Å²) >= 11 is 0. The molecule has 7 heteroatoms. The lowest BCUT2D eigenvalue weighted by Crippen LogP contribution is -2.38. The highest BCUT2D eigenvalue weighted by molar-refractivity contribution is 5.50. The minimum Gasteiger partial charge on any atom is -0.487 e. The number of nitrogens with zero attached hydrogens (tertiary/aromatic N) is 4. The summed E-state index contributed by atoms with van der Waals surface area (Å²) in [5.41, 5.74) is 3.42. The molecule has 1 saturated heterocycles. The molecule has 31 heavy (non-hydrogen) atoms. The van der Waals surface area contributed by atoms with E-state index in [0.717, 1.165) is 43.3 Å². The first-order chi connectivity index (χ1) is 15.0. The third-order valence-corrected chi connectivity index (χ3v) is 5.60. The van der Waals surface area contributed by atoms with Gasteiger partial charge in [-0.2, -0.15) is 0 Å². The molecule has 5 rings (SSSR count). The minimum atomic E-state index is -0.110.